The molecule has 0 heterocycles. The predicted octanol–water partition coefficient (Wildman–Crippen LogP) is 2.05. The molecule has 3 N–H and O–H groups in total. The van der Waals surface area contributed by atoms with Gasteiger partial charge in [-0.3, -0.25) is 0 Å². The Morgan fingerprint density at radius 3 is 1.50 bits per heavy atom. The third-order valence-corrected chi connectivity index (χ3v) is 2.54. The van der Waals surface area contributed by atoms with Crippen LogP contribution in [0.4, 0.5) is 0 Å². The highest BCUT2D eigenvalue weighted by Crippen LogP contribution is 2.12. The molecule has 0 aliphatic rings. The SMILES string of the molecule is CC(C)(O)C#Cc1ccc(C#CC(C)(C)O)c(C#CC(C)(C)O)c1. The van der Waals surface area contributed by atoms with E-state index in [-0.39, 0.29) is 0 Å². The van der Waals surface area contributed by atoms with Crippen LogP contribution >= 0.6 is 0 Å². The largest absolute Gasteiger partial charge is 0.378 e. The number of rotatable bonds is 0. The summed E-state index contributed by atoms with van der Waals surface area (Å²) < 4.78 is 0. The van der Waals surface area contributed by atoms with Crippen LogP contribution in [-0.4, -0.2) is 32.1 Å². The lowest BCUT2D eigenvalue weighted by Crippen LogP contribution is -2.15. The van der Waals surface area contributed by atoms with E-state index in [4.69, 9.17) is 0 Å². The van der Waals surface area contributed by atoms with Crippen LogP contribution in [0.15, 0.2) is 18.2 Å². The summed E-state index contributed by atoms with van der Waals surface area (Å²) in [6, 6.07) is 5.30. The normalized spacial score (nSPS) is 11.4. The Labute approximate surface area is 144 Å². The Morgan fingerprint density at radius 2 is 1.04 bits per heavy atom. The molecule has 0 radical (unpaired) electrons. The highest BCUT2D eigenvalue weighted by Gasteiger charge is 2.09. The van der Waals surface area contributed by atoms with Gasteiger partial charge in [0.25, 0.3) is 0 Å². The first-order valence-corrected chi connectivity index (χ1v) is 7.66. The second kappa shape index (κ2) is 7.12. The van der Waals surface area contributed by atoms with Gasteiger partial charge in [0.05, 0.1) is 0 Å². The number of hydrogen-bond donors (Lipinski definition) is 3. The standard InChI is InChI=1S/C21H24O3/c1-19(2,22)12-9-16-7-8-17(10-13-20(3,4)23)18(15-16)11-14-21(5,6)24/h7-8,15,22-24H,1-6H3. The first-order valence-electron chi connectivity index (χ1n) is 7.66. The van der Waals surface area contributed by atoms with Crippen LogP contribution in [-0.2, 0) is 0 Å². The molecule has 1 aromatic rings. The number of benzene rings is 1. The summed E-state index contributed by atoms with van der Waals surface area (Å²) in [6.45, 7) is 9.62. The third kappa shape index (κ3) is 8.42. The van der Waals surface area contributed by atoms with Gasteiger partial charge in [-0.05, 0) is 59.7 Å². The van der Waals surface area contributed by atoms with E-state index >= 15 is 0 Å². The average Bonchev–Trinajstić information content (AvgIpc) is 2.39. The van der Waals surface area contributed by atoms with E-state index in [1.807, 2.05) is 0 Å². The van der Waals surface area contributed by atoms with E-state index in [9.17, 15) is 15.3 Å². The van der Waals surface area contributed by atoms with Gasteiger partial charge in [-0.15, -0.1) is 0 Å². The van der Waals surface area contributed by atoms with E-state index in [2.05, 4.69) is 35.5 Å². The van der Waals surface area contributed by atoms with E-state index in [0.29, 0.717) is 16.7 Å². The van der Waals surface area contributed by atoms with Crippen molar-refractivity contribution in [2.24, 2.45) is 0 Å². The molecule has 0 aliphatic heterocycles. The van der Waals surface area contributed by atoms with Gasteiger partial charge in [0.15, 0.2) is 0 Å². The van der Waals surface area contributed by atoms with Crippen molar-refractivity contribution in [3.8, 4) is 35.5 Å². The van der Waals surface area contributed by atoms with Gasteiger partial charge in [-0.25, -0.2) is 0 Å². The van der Waals surface area contributed by atoms with Crippen molar-refractivity contribution >= 4 is 0 Å². The summed E-state index contributed by atoms with van der Waals surface area (Å²) in [5.41, 5.74) is -1.39. The van der Waals surface area contributed by atoms with Crippen LogP contribution in [0.25, 0.3) is 0 Å². The molecule has 24 heavy (non-hydrogen) atoms. The summed E-state index contributed by atoms with van der Waals surface area (Å²) >= 11 is 0. The van der Waals surface area contributed by atoms with Crippen molar-refractivity contribution in [2.75, 3.05) is 0 Å². The Morgan fingerprint density at radius 1 is 0.625 bits per heavy atom. The average molecular weight is 324 g/mol. The quantitative estimate of drug-likeness (QED) is 0.640. The molecule has 126 valence electrons. The first-order chi connectivity index (χ1) is 10.8. The lowest BCUT2D eigenvalue weighted by atomic mass is 10.0. The molecule has 0 fully saturated rings. The Balaban J connectivity index is 3.40. The lowest BCUT2D eigenvalue weighted by Gasteiger charge is -2.08. The Kier molecular flexibility index (Phi) is 5.89. The molecule has 3 heteroatoms. The maximum Gasteiger partial charge on any atom is 0.120 e. The van der Waals surface area contributed by atoms with Gasteiger partial charge >= 0.3 is 0 Å². The molecule has 0 saturated carbocycles. The molecule has 1 rings (SSSR count). The van der Waals surface area contributed by atoms with Crippen LogP contribution in [0.3, 0.4) is 0 Å². The molecule has 0 amide bonds. The molecule has 1 aromatic carbocycles. The molecule has 0 atom stereocenters. The van der Waals surface area contributed by atoms with Crippen LogP contribution in [0, 0.1) is 35.5 Å². The van der Waals surface area contributed by atoms with Gasteiger partial charge in [0, 0.05) is 16.7 Å². The maximum atomic E-state index is 9.80. The second-order valence-corrected chi connectivity index (χ2v) is 7.19. The molecule has 0 saturated heterocycles. The molecule has 0 bridgehead atoms. The molecule has 0 aliphatic carbocycles. The fraction of sp³-hybridized carbons (Fsp3) is 0.429. The van der Waals surface area contributed by atoms with Gasteiger partial charge < -0.3 is 15.3 Å². The zero-order valence-electron chi connectivity index (χ0n) is 15.1. The highest BCUT2D eigenvalue weighted by atomic mass is 16.3. The molecule has 0 unspecified atom stereocenters. The Bertz CT molecular complexity index is 778. The number of aliphatic hydroxyl groups is 3. The van der Waals surface area contributed by atoms with Crippen LogP contribution in [0.1, 0.15) is 58.2 Å². The summed E-state index contributed by atoms with van der Waals surface area (Å²) in [7, 11) is 0. The van der Waals surface area contributed by atoms with Crippen molar-refractivity contribution in [2.45, 2.75) is 58.3 Å². The predicted molar refractivity (Wildman–Crippen MR) is 96.0 cm³/mol. The molecule has 0 spiro atoms. The first kappa shape index (κ1) is 19.8. The van der Waals surface area contributed by atoms with Gasteiger partial charge in [-0.1, -0.05) is 35.5 Å². The maximum absolute atomic E-state index is 9.80. The monoisotopic (exact) mass is 324 g/mol. The van der Waals surface area contributed by atoms with Crippen molar-refractivity contribution in [3.63, 3.8) is 0 Å². The van der Waals surface area contributed by atoms with E-state index in [0.717, 1.165) is 0 Å². The van der Waals surface area contributed by atoms with Crippen molar-refractivity contribution in [1.29, 1.82) is 0 Å². The smallest absolute Gasteiger partial charge is 0.120 e. The van der Waals surface area contributed by atoms with E-state index < -0.39 is 16.8 Å². The van der Waals surface area contributed by atoms with Crippen LogP contribution in [0.2, 0.25) is 0 Å². The zero-order chi connectivity index (χ0) is 18.6. The lowest BCUT2D eigenvalue weighted by molar-refractivity contribution is 0.143. The Hall–Kier alpha value is -2.22. The molecule has 0 aromatic heterocycles. The summed E-state index contributed by atoms with van der Waals surface area (Å²) in [5.74, 6) is 17.0. The minimum absolute atomic E-state index is 0.608. The van der Waals surface area contributed by atoms with Gasteiger partial charge in [0.2, 0.25) is 0 Å². The van der Waals surface area contributed by atoms with Crippen LogP contribution < -0.4 is 0 Å². The second-order valence-electron chi connectivity index (χ2n) is 7.19. The summed E-state index contributed by atoms with van der Waals surface area (Å²) in [4.78, 5) is 0. The topological polar surface area (TPSA) is 60.7 Å². The highest BCUT2D eigenvalue weighted by molar-refractivity contribution is 5.55. The van der Waals surface area contributed by atoms with Crippen molar-refractivity contribution in [1.82, 2.24) is 0 Å². The van der Waals surface area contributed by atoms with Crippen molar-refractivity contribution in [3.05, 3.63) is 34.9 Å². The molecular weight excluding hydrogens is 300 g/mol. The van der Waals surface area contributed by atoms with Gasteiger partial charge in [-0.2, -0.15) is 0 Å². The van der Waals surface area contributed by atoms with Gasteiger partial charge in [0.1, 0.15) is 16.8 Å². The van der Waals surface area contributed by atoms with E-state index in [1.165, 1.54) is 0 Å². The van der Waals surface area contributed by atoms with E-state index in [1.54, 1.807) is 59.7 Å². The van der Waals surface area contributed by atoms with Crippen molar-refractivity contribution < 1.29 is 15.3 Å². The third-order valence-electron chi connectivity index (χ3n) is 2.54. The fourth-order valence-electron chi connectivity index (χ4n) is 1.50. The minimum atomic E-state index is -1.13. The molecule has 3 nitrogen and oxygen atoms in total. The molecular formula is C21H24O3. The number of hydrogen-bond acceptors (Lipinski definition) is 3. The summed E-state index contributed by atoms with van der Waals surface area (Å²) in [5, 5.41) is 29.3. The zero-order valence-corrected chi connectivity index (χ0v) is 15.1. The minimum Gasteiger partial charge on any atom is -0.378 e. The summed E-state index contributed by atoms with van der Waals surface area (Å²) in [6.07, 6.45) is 0. The fourth-order valence-corrected chi connectivity index (χ4v) is 1.50. The van der Waals surface area contributed by atoms with Crippen LogP contribution in [0.5, 0.6) is 0 Å².